The average molecular weight is 345 g/mol. The fraction of sp³-hybridized carbons (Fsp3) is 0.500. The number of benzene rings is 1. The molecule has 0 aliphatic heterocycles. The average Bonchev–Trinajstić information content (AvgIpc) is 2.42. The zero-order valence-electron chi connectivity index (χ0n) is 11.8. The third-order valence-corrected chi connectivity index (χ3v) is 3.39. The summed E-state index contributed by atoms with van der Waals surface area (Å²) in [6.07, 6.45) is -0.0563. The van der Waals surface area contributed by atoms with Crippen LogP contribution in [0.5, 0.6) is 5.75 Å². The predicted molar refractivity (Wildman–Crippen MR) is 81.6 cm³/mol. The van der Waals surface area contributed by atoms with Crippen LogP contribution in [0.4, 0.5) is 0 Å². The number of halogens is 1. The summed E-state index contributed by atoms with van der Waals surface area (Å²) in [4.78, 5) is 11.2. The van der Waals surface area contributed by atoms with E-state index in [1.807, 2.05) is 25.1 Å². The van der Waals surface area contributed by atoms with Crippen molar-refractivity contribution in [2.24, 2.45) is 5.73 Å². The minimum atomic E-state index is -0.600. The number of hydrogen-bond acceptors (Lipinski definition) is 4. The van der Waals surface area contributed by atoms with Crippen LogP contribution in [0.25, 0.3) is 0 Å². The number of carbonyl (C=O) groups excluding carboxylic acids is 1. The molecule has 1 unspecified atom stereocenters. The maximum absolute atomic E-state index is 11.2. The smallest absolute Gasteiger partial charge is 0.258 e. The summed E-state index contributed by atoms with van der Waals surface area (Å²) in [7, 11) is 1.67. The molecule has 0 heterocycles. The molecule has 0 aromatic heterocycles. The van der Waals surface area contributed by atoms with Crippen molar-refractivity contribution in [3.05, 3.63) is 28.2 Å². The molecule has 1 aromatic rings. The van der Waals surface area contributed by atoms with E-state index in [2.05, 4.69) is 21.2 Å². The van der Waals surface area contributed by atoms with Crippen LogP contribution in [0.3, 0.4) is 0 Å². The second-order valence-electron chi connectivity index (χ2n) is 4.35. The number of nitrogens with one attached hydrogen (secondary N) is 1. The molecular formula is C14H21BrN2O3. The standard InChI is InChI=1S/C14H21BrN2O3/c1-3-12(14(16)18)20-13-5-4-10(8-11(13)15)9-17-6-7-19-2/h4-5,8,12,17H,3,6-7,9H2,1-2H3,(H2,16,18). The molecular weight excluding hydrogens is 324 g/mol. The molecule has 0 aliphatic rings. The maximum atomic E-state index is 11.2. The number of methoxy groups -OCH3 is 1. The van der Waals surface area contributed by atoms with Gasteiger partial charge in [-0.15, -0.1) is 0 Å². The van der Waals surface area contributed by atoms with Gasteiger partial charge in [0.1, 0.15) is 5.75 Å². The van der Waals surface area contributed by atoms with Gasteiger partial charge in [-0.1, -0.05) is 13.0 Å². The van der Waals surface area contributed by atoms with Crippen LogP contribution >= 0.6 is 15.9 Å². The Bertz CT molecular complexity index is 440. The lowest BCUT2D eigenvalue weighted by Gasteiger charge is -2.16. The highest BCUT2D eigenvalue weighted by Gasteiger charge is 2.16. The Labute approximate surface area is 127 Å². The van der Waals surface area contributed by atoms with Gasteiger partial charge in [0.15, 0.2) is 6.10 Å². The first kappa shape index (κ1) is 16.9. The molecule has 3 N–H and O–H groups in total. The summed E-state index contributed by atoms with van der Waals surface area (Å²) in [5, 5.41) is 3.26. The Morgan fingerprint density at radius 2 is 2.25 bits per heavy atom. The Balaban J connectivity index is 2.61. The second-order valence-corrected chi connectivity index (χ2v) is 5.21. The van der Waals surface area contributed by atoms with Crippen molar-refractivity contribution in [1.29, 1.82) is 0 Å². The van der Waals surface area contributed by atoms with Gasteiger partial charge < -0.3 is 20.5 Å². The molecule has 112 valence electrons. The van der Waals surface area contributed by atoms with Crippen molar-refractivity contribution >= 4 is 21.8 Å². The first-order valence-electron chi connectivity index (χ1n) is 6.52. The molecule has 0 radical (unpaired) electrons. The van der Waals surface area contributed by atoms with E-state index >= 15 is 0 Å². The van der Waals surface area contributed by atoms with Gasteiger partial charge in [0.05, 0.1) is 11.1 Å². The highest BCUT2D eigenvalue weighted by Crippen LogP contribution is 2.27. The number of carbonyl (C=O) groups is 1. The summed E-state index contributed by atoms with van der Waals surface area (Å²) >= 11 is 3.45. The Kier molecular flexibility index (Phi) is 7.58. The molecule has 0 fully saturated rings. The number of hydrogen-bond donors (Lipinski definition) is 2. The van der Waals surface area contributed by atoms with E-state index in [9.17, 15) is 4.79 Å². The van der Waals surface area contributed by atoms with E-state index in [1.165, 1.54) is 0 Å². The number of amides is 1. The van der Waals surface area contributed by atoms with Crippen molar-refractivity contribution in [2.75, 3.05) is 20.3 Å². The normalized spacial score (nSPS) is 12.2. The molecule has 1 atom stereocenters. The van der Waals surface area contributed by atoms with Gasteiger partial charge in [-0.05, 0) is 40.0 Å². The molecule has 0 spiro atoms. The van der Waals surface area contributed by atoms with Crippen molar-refractivity contribution < 1.29 is 14.3 Å². The van der Waals surface area contributed by atoms with Crippen LogP contribution in [-0.2, 0) is 16.1 Å². The summed E-state index contributed by atoms with van der Waals surface area (Å²) in [5.41, 5.74) is 6.39. The van der Waals surface area contributed by atoms with Gasteiger partial charge >= 0.3 is 0 Å². The number of primary amides is 1. The third-order valence-electron chi connectivity index (χ3n) is 2.77. The maximum Gasteiger partial charge on any atom is 0.258 e. The number of nitrogens with two attached hydrogens (primary N) is 1. The van der Waals surface area contributed by atoms with E-state index in [0.717, 1.165) is 23.1 Å². The highest BCUT2D eigenvalue weighted by molar-refractivity contribution is 9.10. The molecule has 0 aliphatic carbocycles. The summed E-state index contributed by atoms with van der Waals surface area (Å²) in [5.74, 6) is 0.168. The number of rotatable bonds is 9. The predicted octanol–water partition coefficient (Wildman–Crippen LogP) is 1.83. The molecule has 5 nitrogen and oxygen atoms in total. The molecule has 20 heavy (non-hydrogen) atoms. The Hall–Kier alpha value is -1.11. The van der Waals surface area contributed by atoms with Gasteiger partial charge in [0.2, 0.25) is 0 Å². The quantitative estimate of drug-likeness (QED) is 0.670. The topological polar surface area (TPSA) is 73.6 Å². The van der Waals surface area contributed by atoms with E-state index in [-0.39, 0.29) is 0 Å². The lowest BCUT2D eigenvalue weighted by molar-refractivity contribution is -0.124. The summed E-state index contributed by atoms with van der Waals surface area (Å²) < 4.78 is 11.4. The molecule has 0 saturated heterocycles. The molecule has 0 bridgehead atoms. The lowest BCUT2D eigenvalue weighted by atomic mass is 10.2. The van der Waals surface area contributed by atoms with Crippen molar-refractivity contribution in [1.82, 2.24) is 5.32 Å². The first-order valence-corrected chi connectivity index (χ1v) is 7.31. The van der Waals surface area contributed by atoms with Gasteiger partial charge in [-0.3, -0.25) is 4.79 Å². The second kappa shape index (κ2) is 8.94. The third kappa shape index (κ3) is 5.48. The zero-order valence-corrected chi connectivity index (χ0v) is 13.4. The lowest BCUT2D eigenvalue weighted by Crippen LogP contribution is -2.33. The van der Waals surface area contributed by atoms with Crippen LogP contribution in [0, 0.1) is 0 Å². The van der Waals surface area contributed by atoms with Gasteiger partial charge in [-0.2, -0.15) is 0 Å². The van der Waals surface area contributed by atoms with E-state index < -0.39 is 12.0 Å². The van der Waals surface area contributed by atoms with Crippen molar-refractivity contribution in [2.45, 2.75) is 26.0 Å². The van der Waals surface area contributed by atoms with Gasteiger partial charge in [0, 0.05) is 20.2 Å². The van der Waals surface area contributed by atoms with Gasteiger partial charge in [-0.25, -0.2) is 0 Å². The van der Waals surface area contributed by atoms with Crippen LogP contribution in [-0.4, -0.2) is 32.3 Å². The van der Waals surface area contributed by atoms with Crippen LogP contribution < -0.4 is 15.8 Å². The van der Waals surface area contributed by atoms with Gasteiger partial charge in [0.25, 0.3) is 5.91 Å². The molecule has 1 rings (SSSR count). The minimum absolute atomic E-state index is 0.454. The SMILES string of the molecule is CCC(Oc1ccc(CNCCOC)cc1Br)C(N)=O. The summed E-state index contributed by atoms with van der Waals surface area (Å²) in [6, 6.07) is 5.75. The monoisotopic (exact) mass is 344 g/mol. The fourth-order valence-electron chi connectivity index (χ4n) is 1.65. The molecule has 1 aromatic carbocycles. The number of ether oxygens (including phenoxy) is 2. The van der Waals surface area contributed by atoms with Crippen LogP contribution in [0.15, 0.2) is 22.7 Å². The summed E-state index contributed by atoms with van der Waals surface area (Å²) in [6.45, 7) is 4.08. The van der Waals surface area contributed by atoms with E-state index in [0.29, 0.717) is 18.8 Å². The Morgan fingerprint density at radius 1 is 1.50 bits per heavy atom. The van der Waals surface area contributed by atoms with E-state index in [1.54, 1.807) is 7.11 Å². The van der Waals surface area contributed by atoms with Crippen molar-refractivity contribution in [3.8, 4) is 5.75 Å². The first-order chi connectivity index (χ1) is 9.58. The van der Waals surface area contributed by atoms with E-state index in [4.69, 9.17) is 15.2 Å². The molecule has 1 amide bonds. The largest absolute Gasteiger partial charge is 0.479 e. The zero-order chi connectivity index (χ0) is 15.0. The van der Waals surface area contributed by atoms with Crippen molar-refractivity contribution in [3.63, 3.8) is 0 Å². The molecule has 0 saturated carbocycles. The fourth-order valence-corrected chi connectivity index (χ4v) is 2.17. The minimum Gasteiger partial charge on any atom is -0.479 e. The Morgan fingerprint density at radius 3 is 2.80 bits per heavy atom. The highest BCUT2D eigenvalue weighted by atomic mass is 79.9. The van der Waals surface area contributed by atoms with Crippen LogP contribution in [0.1, 0.15) is 18.9 Å². The molecule has 6 heteroatoms. The van der Waals surface area contributed by atoms with Crippen LogP contribution in [0.2, 0.25) is 0 Å².